The van der Waals surface area contributed by atoms with Gasteiger partial charge >= 0.3 is 0 Å². The van der Waals surface area contributed by atoms with Gasteiger partial charge in [-0.3, -0.25) is 9.59 Å². The van der Waals surface area contributed by atoms with E-state index < -0.39 is 11.6 Å². The summed E-state index contributed by atoms with van der Waals surface area (Å²) in [5.41, 5.74) is 10.2. The Morgan fingerprint density at radius 1 is 1.08 bits per heavy atom. The van der Waals surface area contributed by atoms with Crippen LogP contribution in [0.2, 0.25) is 0 Å². The molecule has 6 nitrogen and oxygen atoms in total. The van der Waals surface area contributed by atoms with Gasteiger partial charge in [0, 0.05) is 36.6 Å². The number of carbonyl (C=O) groups excluding carboxylic acids is 2. The lowest BCUT2D eigenvalue weighted by atomic mass is 9.65. The number of benzene rings is 2. The summed E-state index contributed by atoms with van der Waals surface area (Å²) in [5, 5.41) is 4.05. The molecule has 1 aromatic heterocycles. The predicted molar refractivity (Wildman–Crippen MR) is 146 cm³/mol. The largest absolute Gasteiger partial charge is 0.361 e. The second-order valence-electron chi connectivity index (χ2n) is 10.9. The zero-order valence-electron chi connectivity index (χ0n) is 21.2. The normalized spacial score (nSPS) is 17.8. The number of H-pyrrole nitrogens is 1. The number of halogens is 1. The lowest BCUT2D eigenvalue weighted by molar-refractivity contribution is -0.138. The maximum absolute atomic E-state index is 13.8. The Morgan fingerprint density at radius 3 is 2.53 bits per heavy atom. The van der Waals surface area contributed by atoms with Gasteiger partial charge in [0.2, 0.25) is 11.8 Å². The van der Waals surface area contributed by atoms with Crippen LogP contribution in [0.3, 0.4) is 0 Å². The van der Waals surface area contributed by atoms with Crippen molar-refractivity contribution >= 4 is 35.1 Å². The minimum absolute atomic E-state index is 0. The molecule has 3 aromatic rings. The highest BCUT2D eigenvalue weighted by Gasteiger charge is 2.41. The van der Waals surface area contributed by atoms with Gasteiger partial charge in [-0.05, 0) is 74.1 Å². The van der Waals surface area contributed by atoms with Gasteiger partial charge in [0.15, 0.2) is 0 Å². The van der Waals surface area contributed by atoms with Gasteiger partial charge in [0.1, 0.15) is 6.04 Å². The molecule has 2 aromatic carbocycles. The van der Waals surface area contributed by atoms with Gasteiger partial charge in [-0.1, -0.05) is 42.5 Å². The number of amides is 2. The van der Waals surface area contributed by atoms with E-state index in [-0.39, 0.29) is 29.6 Å². The number of nitrogens with zero attached hydrogens (tertiary/aromatic N) is 1. The fraction of sp³-hybridized carbons (Fsp3) is 0.448. The number of aromatic amines is 1. The van der Waals surface area contributed by atoms with Crippen molar-refractivity contribution in [1.29, 1.82) is 0 Å². The van der Waals surface area contributed by atoms with E-state index in [0.29, 0.717) is 19.5 Å². The number of nitrogens with two attached hydrogens (primary N) is 1. The Bertz CT molecular complexity index is 1240. The number of aromatic nitrogens is 1. The SMILES string of the molecule is CC(C)(N)C(=O)NC(Cc1c[nH]c2ccccc12)C(=O)N1CCC2(CCCc3ccccc32)CC1.Cl. The van der Waals surface area contributed by atoms with Crippen LogP contribution in [0.1, 0.15) is 56.2 Å². The van der Waals surface area contributed by atoms with Gasteiger partial charge in [-0.25, -0.2) is 0 Å². The molecule has 1 unspecified atom stereocenters. The number of hydrogen-bond acceptors (Lipinski definition) is 3. The summed E-state index contributed by atoms with van der Waals surface area (Å²) in [5.74, 6) is -0.336. The molecule has 1 atom stereocenters. The summed E-state index contributed by atoms with van der Waals surface area (Å²) >= 11 is 0. The van der Waals surface area contributed by atoms with Crippen LogP contribution in [0.5, 0.6) is 0 Å². The molecule has 1 fully saturated rings. The van der Waals surface area contributed by atoms with Gasteiger partial charge in [-0.2, -0.15) is 0 Å². The number of nitrogens with one attached hydrogen (secondary N) is 2. The first-order chi connectivity index (χ1) is 16.8. The minimum atomic E-state index is -1.06. The zero-order chi connectivity index (χ0) is 24.6. The van der Waals surface area contributed by atoms with E-state index in [4.69, 9.17) is 5.73 Å². The van der Waals surface area contributed by atoms with E-state index in [1.54, 1.807) is 13.8 Å². The number of fused-ring (bicyclic) bond motifs is 3. The first-order valence-electron chi connectivity index (χ1n) is 12.8. The van der Waals surface area contributed by atoms with Crippen LogP contribution in [0.4, 0.5) is 0 Å². The fourth-order valence-corrected chi connectivity index (χ4v) is 5.97. The third-order valence-corrected chi connectivity index (χ3v) is 8.01. The number of rotatable bonds is 5. The molecule has 4 N–H and O–H groups in total. The highest BCUT2D eigenvalue weighted by atomic mass is 35.5. The molecule has 1 spiro atoms. The van der Waals surface area contributed by atoms with Crippen molar-refractivity contribution in [2.75, 3.05) is 13.1 Å². The first kappa shape index (κ1) is 26.2. The van der Waals surface area contributed by atoms with E-state index >= 15 is 0 Å². The number of carbonyl (C=O) groups is 2. The number of likely N-dealkylation sites (tertiary alicyclic amines) is 1. The van der Waals surface area contributed by atoms with E-state index in [2.05, 4.69) is 34.6 Å². The molecule has 2 aliphatic rings. The topological polar surface area (TPSA) is 91.2 Å². The van der Waals surface area contributed by atoms with Gasteiger partial charge < -0.3 is 20.9 Å². The molecule has 192 valence electrons. The number of hydrogen-bond donors (Lipinski definition) is 3. The number of para-hydroxylation sites is 1. The molecule has 1 aliphatic heterocycles. The average molecular weight is 509 g/mol. The summed E-state index contributed by atoms with van der Waals surface area (Å²) < 4.78 is 0. The van der Waals surface area contributed by atoms with Crippen LogP contribution in [0, 0.1) is 0 Å². The molecule has 0 bridgehead atoms. The van der Waals surface area contributed by atoms with Crippen LogP contribution in [0.15, 0.2) is 54.7 Å². The fourth-order valence-electron chi connectivity index (χ4n) is 5.97. The van der Waals surface area contributed by atoms with Crippen molar-refractivity contribution < 1.29 is 9.59 Å². The number of aryl methyl sites for hydroxylation is 1. The zero-order valence-corrected chi connectivity index (χ0v) is 22.0. The third kappa shape index (κ3) is 5.02. The Hall–Kier alpha value is -2.83. The van der Waals surface area contributed by atoms with E-state index in [9.17, 15) is 9.59 Å². The highest BCUT2D eigenvalue weighted by molar-refractivity contribution is 5.92. The maximum Gasteiger partial charge on any atom is 0.245 e. The monoisotopic (exact) mass is 508 g/mol. The van der Waals surface area contributed by atoms with Crippen molar-refractivity contribution in [2.45, 2.75) is 69.4 Å². The first-order valence-corrected chi connectivity index (χ1v) is 12.8. The van der Waals surface area contributed by atoms with Crippen molar-refractivity contribution in [2.24, 2.45) is 5.73 Å². The van der Waals surface area contributed by atoms with Crippen LogP contribution in [0.25, 0.3) is 10.9 Å². The lowest BCUT2D eigenvalue weighted by Gasteiger charge is -2.46. The molecule has 36 heavy (non-hydrogen) atoms. The van der Waals surface area contributed by atoms with Crippen LogP contribution in [-0.4, -0.2) is 46.4 Å². The van der Waals surface area contributed by atoms with Crippen LogP contribution in [-0.2, 0) is 27.8 Å². The summed E-state index contributed by atoms with van der Waals surface area (Å²) in [6.45, 7) is 4.75. The van der Waals surface area contributed by atoms with Crippen molar-refractivity contribution in [3.63, 3.8) is 0 Å². The summed E-state index contributed by atoms with van der Waals surface area (Å²) in [7, 11) is 0. The molecular formula is C29H37ClN4O2. The number of piperidine rings is 1. The molecule has 1 saturated heterocycles. The minimum Gasteiger partial charge on any atom is -0.361 e. The molecule has 5 rings (SSSR count). The maximum atomic E-state index is 13.8. The molecule has 0 radical (unpaired) electrons. The van der Waals surface area contributed by atoms with Crippen LogP contribution >= 0.6 is 12.4 Å². The lowest BCUT2D eigenvalue weighted by Crippen LogP contribution is -2.58. The molecule has 2 amide bonds. The van der Waals surface area contributed by atoms with Crippen molar-refractivity contribution in [3.05, 3.63) is 71.4 Å². The third-order valence-electron chi connectivity index (χ3n) is 8.01. The molecule has 0 saturated carbocycles. The van der Waals surface area contributed by atoms with E-state index in [0.717, 1.165) is 35.7 Å². The molecular weight excluding hydrogens is 472 g/mol. The van der Waals surface area contributed by atoms with E-state index in [1.807, 2.05) is 35.4 Å². The quantitative estimate of drug-likeness (QED) is 0.481. The van der Waals surface area contributed by atoms with Crippen molar-refractivity contribution in [1.82, 2.24) is 15.2 Å². The Balaban J connectivity index is 0.00000304. The molecule has 2 heterocycles. The summed E-state index contributed by atoms with van der Waals surface area (Å²) in [6, 6.07) is 16.2. The second-order valence-corrected chi connectivity index (χ2v) is 10.9. The van der Waals surface area contributed by atoms with Gasteiger partial charge in [-0.15, -0.1) is 12.4 Å². The smallest absolute Gasteiger partial charge is 0.245 e. The Kier molecular flexibility index (Phi) is 7.48. The van der Waals surface area contributed by atoms with Crippen molar-refractivity contribution in [3.8, 4) is 0 Å². The van der Waals surface area contributed by atoms with E-state index in [1.165, 1.54) is 24.0 Å². The summed E-state index contributed by atoms with van der Waals surface area (Å²) in [4.78, 5) is 31.9. The van der Waals surface area contributed by atoms with Crippen LogP contribution < -0.4 is 11.1 Å². The standard InChI is InChI=1S/C29H36N4O2.ClH/c1-28(2,30)27(35)32-25(18-21-19-31-24-12-6-4-10-22(21)24)26(34)33-16-14-29(15-17-33)13-7-9-20-8-3-5-11-23(20)29;/h3-6,8,10-12,19,25,31H,7,9,13-18,30H2,1-2H3,(H,32,35);1H. The molecule has 7 heteroatoms. The Labute approximate surface area is 219 Å². The average Bonchev–Trinajstić information content (AvgIpc) is 3.26. The second kappa shape index (κ2) is 10.3. The van der Waals surface area contributed by atoms with Gasteiger partial charge in [0.25, 0.3) is 0 Å². The highest BCUT2D eigenvalue weighted by Crippen LogP contribution is 2.44. The molecule has 1 aliphatic carbocycles. The van der Waals surface area contributed by atoms with Gasteiger partial charge in [0.05, 0.1) is 5.54 Å². The predicted octanol–water partition coefficient (Wildman–Crippen LogP) is 4.25. The Morgan fingerprint density at radius 2 is 1.78 bits per heavy atom. The summed E-state index contributed by atoms with van der Waals surface area (Å²) in [6.07, 6.45) is 7.83.